The quantitative estimate of drug-likeness (QED) is 0.697. The number of amides is 2. The molecule has 23 heavy (non-hydrogen) atoms. The molecule has 6 nitrogen and oxygen atoms in total. The highest BCUT2D eigenvalue weighted by Gasteiger charge is 2.23. The largest absolute Gasteiger partial charge is 0.444 e. The highest BCUT2D eigenvalue weighted by atomic mass is 16.6. The van der Waals surface area contributed by atoms with Crippen molar-refractivity contribution in [1.29, 1.82) is 0 Å². The summed E-state index contributed by atoms with van der Waals surface area (Å²) in [6.45, 7) is 11.8. The Morgan fingerprint density at radius 3 is 2.61 bits per heavy atom. The number of rotatable bonds is 6. The van der Waals surface area contributed by atoms with Crippen LogP contribution in [-0.2, 0) is 9.53 Å². The van der Waals surface area contributed by atoms with Gasteiger partial charge in [0, 0.05) is 19.6 Å². The molecule has 1 rings (SSSR count). The molecule has 1 heterocycles. The van der Waals surface area contributed by atoms with Gasteiger partial charge in [0.25, 0.3) is 0 Å². The predicted octanol–water partition coefficient (Wildman–Crippen LogP) is 2.04. The molecular formula is C17H33N3O3. The predicted molar refractivity (Wildman–Crippen MR) is 91.2 cm³/mol. The average molecular weight is 327 g/mol. The second kappa shape index (κ2) is 9.11. The summed E-state index contributed by atoms with van der Waals surface area (Å²) < 4.78 is 5.26. The molecule has 3 N–H and O–H groups in total. The highest BCUT2D eigenvalue weighted by Crippen LogP contribution is 2.12. The van der Waals surface area contributed by atoms with Gasteiger partial charge >= 0.3 is 6.09 Å². The molecule has 0 spiro atoms. The Kier molecular flexibility index (Phi) is 7.82. The van der Waals surface area contributed by atoms with Crippen LogP contribution < -0.4 is 16.0 Å². The van der Waals surface area contributed by atoms with Crippen LogP contribution in [0.15, 0.2) is 0 Å². The van der Waals surface area contributed by atoms with Gasteiger partial charge in [0.15, 0.2) is 0 Å². The van der Waals surface area contributed by atoms with E-state index in [0.717, 1.165) is 25.8 Å². The monoisotopic (exact) mass is 327 g/mol. The lowest BCUT2D eigenvalue weighted by Gasteiger charge is -2.26. The van der Waals surface area contributed by atoms with E-state index in [0.29, 0.717) is 19.0 Å². The molecule has 2 unspecified atom stereocenters. The summed E-state index contributed by atoms with van der Waals surface area (Å²) in [5.74, 6) is 0.731. The minimum Gasteiger partial charge on any atom is -0.444 e. The Hall–Kier alpha value is -1.30. The fourth-order valence-corrected chi connectivity index (χ4v) is 2.50. The molecule has 1 saturated heterocycles. The molecule has 1 aliphatic heterocycles. The molecule has 1 aliphatic rings. The molecular weight excluding hydrogens is 294 g/mol. The third-order valence-corrected chi connectivity index (χ3v) is 4.01. The maximum absolute atomic E-state index is 12.0. The van der Waals surface area contributed by atoms with Crippen molar-refractivity contribution < 1.29 is 14.3 Å². The van der Waals surface area contributed by atoms with Crippen molar-refractivity contribution in [3.8, 4) is 0 Å². The lowest BCUT2D eigenvalue weighted by molar-refractivity contribution is -0.122. The topological polar surface area (TPSA) is 79.5 Å². The molecule has 134 valence electrons. The normalized spacial score (nSPS) is 20.6. The molecule has 0 aromatic heterocycles. The Morgan fingerprint density at radius 1 is 1.30 bits per heavy atom. The van der Waals surface area contributed by atoms with E-state index in [1.807, 2.05) is 20.8 Å². The van der Waals surface area contributed by atoms with Crippen molar-refractivity contribution in [1.82, 2.24) is 16.0 Å². The fraction of sp³-hybridized carbons (Fsp3) is 0.882. The minimum atomic E-state index is -0.492. The van der Waals surface area contributed by atoms with Gasteiger partial charge in [-0.1, -0.05) is 13.8 Å². The van der Waals surface area contributed by atoms with Gasteiger partial charge < -0.3 is 20.7 Å². The Morgan fingerprint density at radius 2 is 2.00 bits per heavy atom. The summed E-state index contributed by atoms with van der Waals surface area (Å²) in [5.41, 5.74) is -0.492. The number of carbonyl (C=O) groups excluding carboxylic acids is 2. The maximum atomic E-state index is 12.0. The highest BCUT2D eigenvalue weighted by molar-refractivity contribution is 5.81. The van der Waals surface area contributed by atoms with Crippen molar-refractivity contribution in [2.45, 2.75) is 65.5 Å². The fourth-order valence-electron chi connectivity index (χ4n) is 2.50. The third-order valence-electron chi connectivity index (χ3n) is 4.01. The van der Waals surface area contributed by atoms with Crippen LogP contribution in [0, 0.1) is 11.8 Å². The van der Waals surface area contributed by atoms with Crippen molar-refractivity contribution >= 4 is 12.0 Å². The van der Waals surface area contributed by atoms with Crippen LogP contribution in [0.3, 0.4) is 0 Å². The van der Waals surface area contributed by atoms with E-state index < -0.39 is 11.7 Å². The van der Waals surface area contributed by atoms with Crippen LogP contribution in [-0.4, -0.2) is 43.3 Å². The van der Waals surface area contributed by atoms with Crippen molar-refractivity contribution in [3.63, 3.8) is 0 Å². The third kappa shape index (κ3) is 8.21. The van der Waals surface area contributed by atoms with E-state index in [-0.39, 0.29) is 17.9 Å². The van der Waals surface area contributed by atoms with E-state index in [1.54, 1.807) is 0 Å². The van der Waals surface area contributed by atoms with E-state index in [4.69, 9.17) is 4.74 Å². The zero-order valence-electron chi connectivity index (χ0n) is 15.2. The summed E-state index contributed by atoms with van der Waals surface area (Å²) in [7, 11) is 0. The van der Waals surface area contributed by atoms with Gasteiger partial charge in [-0.2, -0.15) is 0 Å². The molecule has 1 fully saturated rings. The lowest BCUT2D eigenvalue weighted by Crippen LogP contribution is -2.47. The zero-order chi connectivity index (χ0) is 17.5. The van der Waals surface area contributed by atoms with E-state index >= 15 is 0 Å². The molecule has 0 aliphatic carbocycles. The van der Waals surface area contributed by atoms with Crippen LogP contribution in [0.1, 0.15) is 53.9 Å². The Bertz CT molecular complexity index is 391. The number of ether oxygens (including phenoxy) is 1. The van der Waals surface area contributed by atoms with Crippen molar-refractivity contribution in [3.05, 3.63) is 0 Å². The smallest absolute Gasteiger partial charge is 0.407 e. The molecule has 2 atom stereocenters. The number of carbonyl (C=O) groups is 2. The van der Waals surface area contributed by atoms with Gasteiger partial charge in [-0.25, -0.2) is 4.79 Å². The van der Waals surface area contributed by atoms with Crippen LogP contribution in [0.2, 0.25) is 0 Å². The van der Waals surface area contributed by atoms with E-state index in [1.165, 1.54) is 0 Å². The first-order valence-electron chi connectivity index (χ1n) is 8.67. The van der Waals surface area contributed by atoms with Crippen molar-refractivity contribution in [2.75, 3.05) is 19.6 Å². The second-order valence-corrected chi connectivity index (χ2v) is 7.63. The second-order valence-electron chi connectivity index (χ2n) is 7.63. The van der Waals surface area contributed by atoms with E-state index in [9.17, 15) is 9.59 Å². The van der Waals surface area contributed by atoms with Gasteiger partial charge in [0.2, 0.25) is 5.91 Å². The van der Waals surface area contributed by atoms with Gasteiger partial charge in [-0.15, -0.1) is 0 Å². The minimum absolute atomic E-state index is 0.0881. The van der Waals surface area contributed by atoms with Gasteiger partial charge in [-0.05, 0) is 51.9 Å². The molecule has 0 radical (unpaired) electrons. The molecule has 0 aromatic rings. The average Bonchev–Trinajstić information content (AvgIpc) is 2.61. The van der Waals surface area contributed by atoms with Gasteiger partial charge in [0.1, 0.15) is 5.60 Å². The van der Waals surface area contributed by atoms with Crippen LogP contribution in [0.25, 0.3) is 0 Å². The van der Waals surface area contributed by atoms with Gasteiger partial charge in [-0.3, -0.25) is 4.79 Å². The number of nitrogens with one attached hydrogen (secondary N) is 3. The SMILES string of the molecule is CC(C)C(CNC(=O)OC(C)(C)C)CNC1CCCCNC1=O. The lowest BCUT2D eigenvalue weighted by atomic mass is 9.95. The van der Waals surface area contributed by atoms with Crippen LogP contribution in [0.4, 0.5) is 4.79 Å². The first-order valence-corrected chi connectivity index (χ1v) is 8.67. The Balaban J connectivity index is 2.42. The van der Waals surface area contributed by atoms with Crippen LogP contribution >= 0.6 is 0 Å². The Labute approximate surface area is 140 Å². The number of hydrogen-bond acceptors (Lipinski definition) is 4. The number of alkyl carbamates (subject to hydrolysis) is 1. The van der Waals surface area contributed by atoms with Gasteiger partial charge in [0.05, 0.1) is 6.04 Å². The van der Waals surface area contributed by atoms with E-state index in [2.05, 4.69) is 29.8 Å². The zero-order valence-corrected chi connectivity index (χ0v) is 15.2. The van der Waals surface area contributed by atoms with Crippen molar-refractivity contribution in [2.24, 2.45) is 11.8 Å². The molecule has 0 saturated carbocycles. The summed E-state index contributed by atoms with van der Waals surface area (Å²) in [6, 6.07) is -0.125. The number of hydrogen-bond donors (Lipinski definition) is 3. The maximum Gasteiger partial charge on any atom is 0.407 e. The summed E-state index contributed by atoms with van der Waals surface area (Å²) >= 11 is 0. The summed E-state index contributed by atoms with van der Waals surface area (Å²) in [4.78, 5) is 23.7. The molecule has 0 aromatic carbocycles. The summed E-state index contributed by atoms with van der Waals surface area (Å²) in [5, 5.41) is 9.12. The molecule has 6 heteroatoms. The summed E-state index contributed by atoms with van der Waals surface area (Å²) in [6.07, 6.45) is 2.57. The molecule has 0 bridgehead atoms. The standard InChI is InChI=1S/C17H33N3O3/c1-12(2)13(11-20-16(22)23-17(3,4)5)10-19-14-8-6-7-9-18-15(14)21/h12-14,19H,6-11H2,1-5H3,(H,18,21)(H,20,22). The molecule has 2 amide bonds. The first kappa shape index (κ1) is 19.7. The van der Waals surface area contributed by atoms with Crippen LogP contribution in [0.5, 0.6) is 0 Å². The first-order chi connectivity index (χ1) is 10.7.